The minimum absolute atomic E-state index is 0.170. The fourth-order valence-corrected chi connectivity index (χ4v) is 2.03. The first-order valence-corrected chi connectivity index (χ1v) is 7.70. The number of rotatable bonds is 7. The van der Waals surface area contributed by atoms with E-state index < -0.39 is 23.8 Å². The number of nitrogens with one attached hydrogen (secondary N) is 3. The summed E-state index contributed by atoms with van der Waals surface area (Å²) < 4.78 is 0. The van der Waals surface area contributed by atoms with Crippen LogP contribution in [0.4, 0.5) is 10.5 Å². The largest absolute Gasteiger partial charge is 0.354 e. The Labute approximate surface area is 145 Å². The zero-order chi connectivity index (χ0) is 18.3. The van der Waals surface area contributed by atoms with Crippen LogP contribution in [0.25, 0.3) is 0 Å². The average molecular weight is 325 g/mol. The van der Waals surface area contributed by atoms with Gasteiger partial charge in [-0.15, -0.1) is 0 Å². The molecule has 4 radical (unpaired) electrons. The molecule has 0 aliphatic carbocycles. The van der Waals surface area contributed by atoms with Gasteiger partial charge in [-0.1, -0.05) is 37.9 Å². The molecule has 0 bridgehead atoms. The van der Waals surface area contributed by atoms with Gasteiger partial charge < -0.3 is 16.0 Å². The van der Waals surface area contributed by atoms with Crippen molar-refractivity contribution < 1.29 is 14.4 Å². The van der Waals surface area contributed by atoms with Crippen LogP contribution in [-0.4, -0.2) is 45.4 Å². The quantitative estimate of drug-likeness (QED) is 0.645. The van der Waals surface area contributed by atoms with Crippen molar-refractivity contribution in [2.75, 3.05) is 5.32 Å². The number of hydrogen-bond acceptors (Lipinski definition) is 3. The Morgan fingerprint density at radius 3 is 2.04 bits per heavy atom. The molecule has 0 aliphatic heterocycles. The molecule has 1 aromatic carbocycles. The van der Waals surface area contributed by atoms with Crippen molar-refractivity contribution >= 4 is 39.0 Å². The second-order valence-electron chi connectivity index (χ2n) is 5.85. The second kappa shape index (κ2) is 9.15. The summed E-state index contributed by atoms with van der Waals surface area (Å²) in [6.07, 6.45) is 0.421. The third kappa shape index (κ3) is 6.10. The zero-order valence-corrected chi connectivity index (χ0v) is 14.1. The van der Waals surface area contributed by atoms with Crippen LogP contribution in [0.1, 0.15) is 26.3 Å². The van der Waals surface area contributed by atoms with E-state index in [0.29, 0.717) is 12.0 Å². The van der Waals surface area contributed by atoms with E-state index >= 15 is 0 Å². The summed E-state index contributed by atoms with van der Waals surface area (Å²) in [6, 6.07) is 5.51. The van der Waals surface area contributed by atoms with Crippen LogP contribution in [0, 0.1) is 5.92 Å². The number of amides is 3. The molecule has 1 aromatic rings. The normalized spacial score (nSPS) is 13.0. The van der Waals surface area contributed by atoms with Gasteiger partial charge in [0.25, 0.3) is 0 Å². The number of carbonyl (C=O) groups is 3. The fraction of sp³-hybridized carbons (Fsp3) is 0.438. The maximum atomic E-state index is 12.2. The highest BCUT2D eigenvalue weighted by atomic mass is 16.2. The van der Waals surface area contributed by atoms with Crippen molar-refractivity contribution in [2.45, 2.75) is 39.2 Å². The third-order valence-corrected chi connectivity index (χ3v) is 3.46. The molecule has 0 spiro atoms. The van der Waals surface area contributed by atoms with Crippen LogP contribution in [0.15, 0.2) is 24.3 Å². The van der Waals surface area contributed by atoms with Gasteiger partial charge in [0.15, 0.2) is 5.81 Å². The van der Waals surface area contributed by atoms with E-state index in [4.69, 9.17) is 15.7 Å². The molecule has 24 heavy (non-hydrogen) atoms. The topological polar surface area (TPSA) is 87.3 Å². The van der Waals surface area contributed by atoms with Gasteiger partial charge in [-0.3, -0.25) is 14.4 Å². The zero-order valence-electron chi connectivity index (χ0n) is 14.1. The Hall–Kier alpha value is -2.24. The van der Waals surface area contributed by atoms with Crippen LogP contribution in [0.5, 0.6) is 0 Å². The predicted octanol–water partition coefficient (Wildman–Crippen LogP) is 0.701. The first-order valence-electron chi connectivity index (χ1n) is 7.70. The molecule has 1 rings (SSSR count). The van der Waals surface area contributed by atoms with Crippen molar-refractivity contribution in [2.24, 2.45) is 5.92 Å². The Bertz CT molecular complexity index is 591. The Morgan fingerprint density at radius 2 is 1.58 bits per heavy atom. The van der Waals surface area contributed by atoms with Crippen molar-refractivity contribution in [3.05, 3.63) is 29.8 Å². The SMILES string of the molecule is [B]Cc1ccc(NC(=O)[C@H](C)NC(=O)C(NC([B])=O)C(C)C)cc1. The monoisotopic (exact) mass is 325 g/mol. The van der Waals surface area contributed by atoms with Crippen LogP contribution in [0.3, 0.4) is 0 Å². The Kier molecular flexibility index (Phi) is 7.55. The van der Waals surface area contributed by atoms with E-state index in [1.807, 2.05) is 12.1 Å². The van der Waals surface area contributed by atoms with Crippen LogP contribution >= 0.6 is 0 Å². The second-order valence-corrected chi connectivity index (χ2v) is 5.85. The van der Waals surface area contributed by atoms with E-state index in [9.17, 15) is 14.4 Å². The molecule has 0 fully saturated rings. The molecule has 0 aliphatic rings. The summed E-state index contributed by atoms with van der Waals surface area (Å²) >= 11 is 0. The molecule has 3 amide bonds. The van der Waals surface area contributed by atoms with Gasteiger partial charge in [0.2, 0.25) is 19.7 Å². The summed E-state index contributed by atoms with van der Waals surface area (Å²) in [5.41, 5.74) is 1.56. The molecule has 0 aromatic heterocycles. The molecule has 1 unspecified atom stereocenters. The highest BCUT2D eigenvalue weighted by Crippen LogP contribution is 2.10. The number of anilines is 1. The van der Waals surface area contributed by atoms with E-state index in [0.717, 1.165) is 5.56 Å². The summed E-state index contributed by atoms with van der Waals surface area (Å²) in [4.78, 5) is 35.3. The average Bonchev–Trinajstić information content (AvgIpc) is 2.52. The minimum atomic E-state index is -0.804. The molecule has 2 atom stereocenters. The summed E-state index contributed by atoms with van der Waals surface area (Å²) in [6.45, 7) is 5.09. The highest BCUT2D eigenvalue weighted by Gasteiger charge is 2.25. The molecule has 8 heteroatoms. The summed E-state index contributed by atoms with van der Waals surface area (Å²) in [5, 5.41) is 7.64. The van der Waals surface area contributed by atoms with Crippen molar-refractivity contribution in [3.8, 4) is 0 Å². The van der Waals surface area contributed by atoms with Crippen LogP contribution < -0.4 is 16.0 Å². The smallest absolute Gasteiger partial charge is 0.246 e. The van der Waals surface area contributed by atoms with Crippen molar-refractivity contribution in [1.82, 2.24) is 10.6 Å². The van der Waals surface area contributed by atoms with E-state index in [2.05, 4.69) is 16.0 Å². The molecular weight excluding hydrogens is 304 g/mol. The van der Waals surface area contributed by atoms with Crippen molar-refractivity contribution in [1.29, 1.82) is 0 Å². The van der Waals surface area contributed by atoms with Gasteiger partial charge in [0.1, 0.15) is 12.1 Å². The van der Waals surface area contributed by atoms with Gasteiger partial charge in [0.05, 0.1) is 7.85 Å². The maximum absolute atomic E-state index is 12.2. The lowest BCUT2D eigenvalue weighted by molar-refractivity contribution is -0.128. The van der Waals surface area contributed by atoms with Gasteiger partial charge in [-0.2, -0.15) is 0 Å². The lowest BCUT2D eigenvalue weighted by Crippen LogP contribution is -2.53. The molecular formula is C16H21B2N3O3. The van der Waals surface area contributed by atoms with E-state index in [1.54, 1.807) is 32.9 Å². The number of hydrogen-bond donors (Lipinski definition) is 3. The Balaban J connectivity index is 2.64. The van der Waals surface area contributed by atoms with Crippen LogP contribution in [0.2, 0.25) is 0 Å². The molecule has 124 valence electrons. The molecule has 6 nitrogen and oxygen atoms in total. The van der Waals surface area contributed by atoms with E-state index in [-0.39, 0.29) is 11.8 Å². The molecule has 0 saturated carbocycles. The maximum Gasteiger partial charge on any atom is 0.246 e. The molecule has 3 N–H and O–H groups in total. The number of benzene rings is 1. The molecule has 0 heterocycles. The molecule has 0 saturated heterocycles. The highest BCUT2D eigenvalue weighted by molar-refractivity contribution is 6.57. The lowest BCUT2D eigenvalue weighted by atomic mass is 9.97. The predicted molar refractivity (Wildman–Crippen MR) is 95.0 cm³/mol. The number of carbonyl (C=O) groups excluding carboxylic acids is 3. The van der Waals surface area contributed by atoms with Gasteiger partial charge in [-0.05, 0) is 25.0 Å². The third-order valence-electron chi connectivity index (χ3n) is 3.46. The summed E-state index contributed by atoms with van der Waals surface area (Å²) in [5.74, 6) is -1.80. The first kappa shape index (κ1) is 19.8. The van der Waals surface area contributed by atoms with E-state index in [1.165, 1.54) is 0 Å². The summed E-state index contributed by atoms with van der Waals surface area (Å²) in [7, 11) is 10.6. The first-order chi connectivity index (χ1) is 11.2. The standard InChI is InChI=1S/C16H21B2N3O3/c1-9(2)13(21-16(18)24)15(23)19-10(3)14(22)20-12-6-4-11(8-17)5-7-12/h4-7,9-10,13H,8H2,1-3H3,(H,19,23)(H,20,22)(H,21,24)/t10-,13?/m0/s1. The van der Waals surface area contributed by atoms with Gasteiger partial charge in [0, 0.05) is 5.69 Å². The van der Waals surface area contributed by atoms with Crippen LogP contribution in [-0.2, 0) is 15.9 Å². The lowest BCUT2D eigenvalue weighted by Gasteiger charge is -2.23. The fourth-order valence-electron chi connectivity index (χ4n) is 2.03. The Morgan fingerprint density at radius 1 is 1.00 bits per heavy atom. The van der Waals surface area contributed by atoms with Crippen molar-refractivity contribution in [3.63, 3.8) is 0 Å². The van der Waals surface area contributed by atoms with Gasteiger partial charge in [-0.25, -0.2) is 0 Å². The van der Waals surface area contributed by atoms with Gasteiger partial charge >= 0.3 is 0 Å². The minimum Gasteiger partial charge on any atom is -0.354 e.